The summed E-state index contributed by atoms with van der Waals surface area (Å²) in [6, 6.07) is 5.59. The third kappa shape index (κ3) is 4.92. The first-order valence-electron chi connectivity index (χ1n) is 4.07. The molecule has 0 unspecified atom stereocenters. The number of benzene rings is 1. The average Bonchev–Trinajstić information content (AvgIpc) is 2.13. The van der Waals surface area contributed by atoms with E-state index in [1.165, 1.54) is 18.2 Å². The summed E-state index contributed by atoms with van der Waals surface area (Å²) in [4.78, 5) is 0. The number of hydrogen-bond donors (Lipinski definition) is 0. The van der Waals surface area contributed by atoms with Gasteiger partial charge in [-0.25, -0.2) is 4.39 Å². The minimum atomic E-state index is -4.27. The molecular formula is C9H8F4OS. The third-order valence-corrected chi connectivity index (χ3v) is 2.14. The molecule has 0 saturated heterocycles. The molecule has 1 rings (SSSR count). The van der Waals surface area contributed by atoms with E-state index in [2.05, 4.69) is 0 Å². The number of rotatable bonds is 4. The zero-order valence-corrected chi connectivity index (χ0v) is 8.37. The molecule has 0 aromatic heterocycles. The van der Waals surface area contributed by atoms with Crippen molar-refractivity contribution in [2.45, 2.75) is 5.51 Å². The molecule has 0 N–H and O–H groups in total. The molecule has 1 aromatic carbocycles. The molecule has 0 heterocycles. The van der Waals surface area contributed by atoms with Crippen LogP contribution in [0.5, 0.6) is 5.75 Å². The van der Waals surface area contributed by atoms with Gasteiger partial charge in [-0.2, -0.15) is 13.2 Å². The van der Waals surface area contributed by atoms with Crippen LogP contribution in [0.4, 0.5) is 17.6 Å². The lowest BCUT2D eigenvalue weighted by Gasteiger charge is -2.08. The number of halogens is 4. The molecule has 0 saturated carbocycles. The van der Waals surface area contributed by atoms with Crippen molar-refractivity contribution in [2.75, 3.05) is 12.4 Å². The smallest absolute Gasteiger partial charge is 0.441 e. The zero-order chi connectivity index (χ0) is 11.3. The predicted molar refractivity (Wildman–Crippen MR) is 50.4 cm³/mol. The summed E-state index contributed by atoms with van der Waals surface area (Å²) in [5.41, 5.74) is -4.27. The summed E-state index contributed by atoms with van der Waals surface area (Å²) >= 11 is -0.189. The molecule has 0 radical (unpaired) electrons. The minimum Gasteiger partial charge on any atom is -0.490 e. The van der Waals surface area contributed by atoms with Crippen LogP contribution in [-0.2, 0) is 0 Å². The van der Waals surface area contributed by atoms with Gasteiger partial charge in [0.1, 0.15) is 0 Å². The lowest BCUT2D eigenvalue weighted by atomic mass is 10.3. The van der Waals surface area contributed by atoms with Crippen molar-refractivity contribution >= 4 is 11.8 Å². The zero-order valence-electron chi connectivity index (χ0n) is 7.55. The van der Waals surface area contributed by atoms with Crippen LogP contribution in [0.3, 0.4) is 0 Å². The SMILES string of the molecule is Fc1ccccc1OCCSC(F)(F)F. The van der Waals surface area contributed by atoms with Gasteiger partial charge < -0.3 is 4.74 Å². The molecule has 0 aliphatic heterocycles. The maximum Gasteiger partial charge on any atom is 0.441 e. The van der Waals surface area contributed by atoms with E-state index in [9.17, 15) is 17.6 Å². The highest BCUT2D eigenvalue weighted by Gasteiger charge is 2.27. The lowest BCUT2D eigenvalue weighted by Crippen LogP contribution is -2.07. The van der Waals surface area contributed by atoms with Gasteiger partial charge in [0.25, 0.3) is 0 Å². The first-order valence-corrected chi connectivity index (χ1v) is 5.05. The second-order valence-corrected chi connectivity index (χ2v) is 3.73. The van der Waals surface area contributed by atoms with E-state index in [0.717, 1.165) is 0 Å². The molecule has 0 atom stereocenters. The van der Waals surface area contributed by atoms with Crippen molar-refractivity contribution in [1.29, 1.82) is 0 Å². The molecule has 0 amide bonds. The summed E-state index contributed by atoms with van der Waals surface area (Å²) in [6.45, 7) is -0.175. The summed E-state index contributed by atoms with van der Waals surface area (Å²) in [5, 5.41) is 0. The summed E-state index contributed by atoms with van der Waals surface area (Å²) in [6.07, 6.45) is 0. The van der Waals surface area contributed by atoms with Crippen molar-refractivity contribution in [1.82, 2.24) is 0 Å². The Morgan fingerprint density at radius 2 is 1.87 bits per heavy atom. The topological polar surface area (TPSA) is 9.23 Å². The second-order valence-electron chi connectivity index (χ2n) is 2.57. The Balaban J connectivity index is 2.30. The van der Waals surface area contributed by atoms with Gasteiger partial charge in [0.05, 0.1) is 6.61 Å². The Bertz CT molecular complexity index is 313. The molecule has 1 nitrogen and oxygen atoms in total. The number of ether oxygens (including phenoxy) is 1. The monoisotopic (exact) mass is 240 g/mol. The number of alkyl halides is 3. The van der Waals surface area contributed by atoms with E-state index in [-0.39, 0.29) is 29.9 Å². The van der Waals surface area contributed by atoms with E-state index < -0.39 is 11.3 Å². The highest BCUT2D eigenvalue weighted by atomic mass is 32.2. The Labute approximate surface area is 88.4 Å². The molecule has 84 valence electrons. The van der Waals surface area contributed by atoms with E-state index in [4.69, 9.17) is 4.74 Å². The number of hydrogen-bond acceptors (Lipinski definition) is 2. The number of thioether (sulfide) groups is 1. The Kier molecular flexibility index (Phi) is 4.26. The van der Waals surface area contributed by atoms with Gasteiger partial charge in [-0.3, -0.25) is 0 Å². The van der Waals surface area contributed by atoms with Gasteiger partial charge in [-0.1, -0.05) is 12.1 Å². The Hall–Kier alpha value is -0.910. The van der Waals surface area contributed by atoms with Gasteiger partial charge >= 0.3 is 5.51 Å². The lowest BCUT2D eigenvalue weighted by molar-refractivity contribution is -0.0329. The van der Waals surface area contributed by atoms with Crippen LogP contribution >= 0.6 is 11.8 Å². The standard InChI is InChI=1S/C9H8F4OS/c10-7-3-1-2-4-8(7)14-5-6-15-9(11,12)13/h1-4H,5-6H2. The van der Waals surface area contributed by atoms with Crippen molar-refractivity contribution < 1.29 is 22.3 Å². The molecular weight excluding hydrogens is 232 g/mol. The fraction of sp³-hybridized carbons (Fsp3) is 0.333. The van der Waals surface area contributed by atoms with Crippen LogP contribution in [0.1, 0.15) is 0 Å². The summed E-state index contributed by atoms with van der Waals surface area (Å²) in [5.74, 6) is -0.854. The quantitative estimate of drug-likeness (QED) is 0.588. The van der Waals surface area contributed by atoms with Crippen molar-refractivity contribution in [3.05, 3.63) is 30.1 Å². The van der Waals surface area contributed by atoms with E-state index in [1.54, 1.807) is 6.07 Å². The highest BCUT2D eigenvalue weighted by Crippen LogP contribution is 2.29. The molecule has 0 fully saturated rings. The van der Waals surface area contributed by atoms with Gasteiger partial charge in [0.15, 0.2) is 11.6 Å². The maximum atomic E-state index is 12.9. The van der Waals surface area contributed by atoms with Gasteiger partial charge in [0.2, 0.25) is 0 Å². The molecule has 1 aromatic rings. The fourth-order valence-electron chi connectivity index (χ4n) is 0.871. The maximum absolute atomic E-state index is 12.9. The molecule has 0 bridgehead atoms. The predicted octanol–water partition coefficient (Wildman–Crippen LogP) is 3.46. The van der Waals surface area contributed by atoms with Gasteiger partial charge in [-0.05, 0) is 23.9 Å². The summed E-state index contributed by atoms with van der Waals surface area (Å²) in [7, 11) is 0. The second kappa shape index (κ2) is 5.25. The first kappa shape index (κ1) is 12.2. The van der Waals surface area contributed by atoms with Gasteiger partial charge in [0, 0.05) is 5.75 Å². The van der Waals surface area contributed by atoms with Crippen LogP contribution in [-0.4, -0.2) is 17.9 Å². The van der Waals surface area contributed by atoms with Crippen molar-refractivity contribution in [3.8, 4) is 5.75 Å². The van der Waals surface area contributed by atoms with E-state index in [0.29, 0.717) is 0 Å². The van der Waals surface area contributed by atoms with E-state index >= 15 is 0 Å². The van der Waals surface area contributed by atoms with Crippen molar-refractivity contribution in [3.63, 3.8) is 0 Å². The average molecular weight is 240 g/mol. The normalized spacial score (nSPS) is 11.5. The largest absolute Gasteiger partial charge is 0.490 e. The van der Waals surface area contributed by atoms with Crippen LogP contribution < -0.4 is 4.74 Å². The van der Waals surface area contributed by atoms with Crippen molar-refractivity contribution in [2.24, 2.45) is 0 Å². The minimum absolute atomic E-state index is 0.0275. The summed E-state index contributed by atoms with van der Waals surface area (Å²) < 4.78 is 52.8. The molecule has 15 heavy (non-hydrogen) atoms. The number of para-hydroxylation sites is 1. The Morgan fingerprint density at radius 3 is 2.47 bits per heavy atom. The Morgan fingerprint density at radius 1 is 1.20 bits per heavy atom. The molecule has 6 heteroatoms. The fourth-order valence-corrected chi connectivity index (χ4v) is 1.27. The molecule has 0 spiro atoms. The molecule has 0 aliphatic rings. The third-order valence-electron chi connectivity index (χ3n) is 1.44. The van der Waals surface area contributed by atoms with E-state index in [1.807, 2.05) is 0 Å². The molecule has 0 aliphatic carbocycles. The van der Waals surface area contributed by atoms with Gasteiger partial charge in [-0.15, -0.1) is 0 Å². The highest BCUT2D eigenvalue weighted by molar-refractivity contribution is 8.00. The van der Waals surface area contributed by atoms with Crippen LogP contribution in [0.15, 0.2) is 24.3 Å². The van der Waals surface area contributed by atoms with Crippen LogP contribution in [0.25, 0.3) is 0 Å². The van der Waals surface area contributed by atoms with Crippen LogP contribution in [0.2, 0.25) is 0 Å². The first-order chi connectivity index (χ1) is 6.99. The van der Waals surface area contributed by atoms with Crippen LogP contribution in [0, 0.1) is 5.82 Å².